The van der Waals surface area contributed by atoms with E-state index in [-0.39, 0.29) is 0 Å². The molecule has 116 valence electrons. The highest BCUT2D eigenvalue weighted by Gasteiger charge is 2.27. The van der Waals surface area contributed by atoms with Crippen molar-refractivity contribution in [3.8, 4) is 5.75 Å². The first-order valence-corrected chi connectivity index (χ1v) is 8.10. The summed E-state index contributed by atoms with van der Waals surface area (Å²) < 4.78 is 5.82. The number of likely N-dealkylation sites (N-methyl/N-ethyl adjacent to an activating group) is 1. The van der Waals surface area contributed by atoms with Gasteiger partial charge in [0.1, 0.15) is 5.75 Å². The molecule has 1 saturated heterocycles. The molecule has 0 radical (unpaired) electrons. The third kappa shape index (κ3) is 3.57. The number of rotatable bonds is 4. The number of nitrogens with one attached hydrogen (secondary N) is 1. The first kappa shape index (κ1) is 14.8. The molecule has 1 aromatic carbocycles. The average Bonchev–Trinajstić information content (AvgIpc) is 2.51. The molecule has 4 nitrogen and oxygen atoms in total. The van der Waals surface area contributed by atoms with Gasteiger partial charge >= 0.3 is 0 Å². The standard InChI is InChI=1S/C17H27N3O/c1-14-13-21-16-6-4-3-5-15(16)17(14)18-7-8-20-11-9-19(2)10-12-20/h3-6,14,17-18H,7-13H2,1-2H3. The van der Waals surface area contributed by atoms with Crippen LogP contribution in [0.4, 0.5) is 0 Å². The molecule has 21 heavy (non-hydrogen) atoms. The van der Waals surface area contributed by atoms with E-state index in [1.807, 2.05) is 0 Å². The van der Waals surface area contributed by atoms with E-state index in [0.717, 1.165) is 25.4 Å². The lowest BCUT2D eigenvalue weighted by molar-refractivity contribution is 0.146. The molecule has 4 heteroatoms. The van der Waals surface area contributed by atoms with Crippen LogP contribution in [0, 0.1) is 5.92 Å². The van der Waals surface area contributed by atoms with E-state index < -0.39 is 0 Å². The number of fused-ring (bicyclic) bond motifs is 1. The summed E-state index contributed by atoms with van der Waals surface area (Å²) in [5.74, 6) is 1.57. The highest BCUT2D eigenvalue weighted by Crippen LogP contribution is 2.34. The molecule has 2 unspecified atom stereocenters. The van der Waals surface area contributed by atoms with Gasteiger partial charge in [0.15, 0.2) is 0 Å². The van der Waals surface area contributed by atoms with Crippen LogP contribution < -0.4 is 10.1 Å². The van der Waals surface area contributed by atoms with Crippen molar-refractivity contribution in [3.05, 3.63) is 29.8 Å². The van der Waals surface area contributed by atoms with Gasteiger partial charge in [-0.25, -0.2) is 0 Å². The molecule has 1 aromatic rings. The molecule has 0 amide bonds. The Bertz CT molecular complexity index is 457. The van der Waals surface area contributed by atoms with Gasteiger partial charge in [0.2, 0.25) is 0 Å². The van der Waals surface area contributed by atoms with Gasteiger partial charge in [-0.15, -0.1) is 0 Å². The SMILES string of the molecule is CC1COc2ccccc2C1NCCN1CCN(C)CC1. The second-order valence-electron chi connectivity index (χ2n) is 6.40. The topological polar surface area (TPSA) is 27.7 Å². The lowest BCUT2D eigenvalue weighted by Crippen LogP contribution is -2.47. The van der Waals surface area contributed by atoms with Crippen molar-refractivity contribution in [2.24, 2.45) is 5.92 Å². The van der Waals surface area contributed by atoms with Crippen LogP contribution in [0.25, 0.3) is 0 Å². The normalized spacial score (nSPS) is 27.1. The number of nitrogens with zero attached hydrogens (tertiary/aromatic N) is 2. The fraction of sp³-hybridized carbons (Fsp3) is 0.647. The van der Waals surface area contributed by atoms with E-state index in [0.29, 0.717) is 12.0 Å². The van der Waals surface area contributed by atoms with Crippen LogP contribution in [0.3, 0.4) is 0 Å². The molecule has 2 aliphatic rings. The maximum atomic E-state index is 5.82. The first-order valence-electron chi connectivity index (χ1n) is 8.10. The smallest absolute Gasteiger partial charge is 0.124 e. The lowest BCUT2D eigenvalue weighted by Gasteiger charge is -2.35. The monoisotopic (exact) mass is 289 g/mol. The highest BCUT2D eigenvalue weighted by molar-refractivity contribution is 5.37. The summed E-state index contributed by atoms with van der Waals surface area (Å²) in [5.41, 5.74) is 1.31. The fourth-order valence-electron chi connectivity index (χ4n) is 3.25. The molecule has 1 N–H and O–H groups in total. The fourth-order valence-corrected chi connectivity index (χ4v) is 3.25. The van der Waals surface area contributed by atoms with E-state index in [4.69, 9.17) is 4.74 Å². The Labute approximate surface area is 128 Å². The van der Waals surface area contributed by atoms with Crippen LogP contribution in [0.5, 0.6) is 5.75 Å². The minimum atomic E-state index is 0.419. The van der Waals surface area contributed by atoms with Crippen LogP contribution in [0.15, 0.2) is 24.3 Å². The third-order valence-electron chi connectivity index (χ3n) is 4.71. The summed E-state index contributed by atoms with van der Waals surface area (Å²) in [7, 11) is 2.20. The second-order valence-corrected chi connectivity index (χ2v) is 6.40. The van der Waals surface area contributed by atoms with Crippen molar-refractivity contribution in [1.29, 1.82) is 0 Å². The molecule has 0 saturated carbocycles. The highest BCUT2D eigenvalue weighted by atomic mass is 16.5. The van der Waals surface area contributed by atoms with Crippen molar-refractivity contribution in [3.63, 3.8) is 0 Å². The zero-order valence-electron chi connectivity index (χ0n) is 13.2. The minimum Gasteiger partial charge on any atom is -0.493 e. The third-order valence-corrected chi connectivity index (χ3v) is 4.71. The predicted molar refractivity (Wildman–Crippen MR) is 85.8 cm³/mol. The summed E-state index contributed by atoms with van der Waals surface area (Å²) in [6.07, 6.45) is 0. The van der Waals surface area contributed by atoms with Gasteiger partial charge in [-0.2, -0.15) is 0 Å². The molecular formula is C17H27N3O. The zero-order valence-corrected chi connectivity index (χ0v) is 13.2. The van der Waals surface area contributed by atoms with Gasteiger partial charge in [-0.3, -0.25) is 4.90 Å². The molecular weight excluding hydrogens is 262 g/mol. The van der Waals surface area contributed by atoms with Crippen molar-refractivity contribution < 1.29 is 4.74 Å². The number of benzene rings is 1. The van der Waals surface area contributed by atoms with Gasteiger partial charge in [-0.05, 0) is 13.1 Å². The van der Waals surface area contributed by atoms with Crippen LogP contribution in [-0.2, 0) is 0 Å². The maximum absolute atomic E-state index is 5.82. The average molecular weight is 289 g/mol. The molecule has 2 atom stereocenters. The Morgan fingerprint density at radius 2 is 1.95 bits per heavy atom. The summed E-state index contributed by atoms with van der Waals surface area (Å²) in [4.78, 5) is 4.96. The van der Waals surface area contributed by atoms with Crippen molar-refractivity contribution in [2.75, 3.05) is 52.9 Å². The summed E-state index contributed by atoms with van der Waals surface area (Å²) in [6.45, 7) is 10.0. The van der Waals surface area contributed by atoms with E-state index >= 15 is 0 Å². The Hall–Kier alpha value is -1.10. The Morgan fingerprint density at radius 3 is 2.76 bits per heavy atom. The van der Waals surface area contributed by atoms with Gasteiger partial charge in [0.05, 0.1) is 6.61 Å². The molecule has 0 aliphatic carbocycles. The van der Waals surface area contributed by atoms with Crippen LogP contribution in [0.2, 0.25) is 0 Å². The van der Waals surface area contributed by atoms with Gasteiger partial charge in [0, 0.05) is 56.8 Å². The van der Waals surface area contributed by atoms with E-state index in [2.05, 4.69) is 53.4 Å². The van der Waals surface area contributed by atoms with Crippen molar-refractivity contribution >= 4 is 0 Å². The van der Waals surface area contributed by atoms with Gasteiger partial charge < -0.3 is 15.0 Å². The van der Waals surface area contributed by atoms with Crippen molar-refractivity contribution in [2.45, 2.75) is 13.0 Å². The predicted octanol–water partition coefficient (Wildman–Crippen LogP) is 1.59. The Morgan fingerprint density at radius 1 is 1.19 bits per heavy atom. The first-order chi connectivity index (χ1) is 10.2. The number of hydrogen-bond acceptors (Lipinski definition) is 4. The van der Waals surface area contributed by atoms with Crippen LogP contribution >= 0.6 is 0 Å². The van der Waals surface area contributed by atoms with Crippen LogP contribution in [-0.4, -0.2) is 62.7 Å². The maximum Gasteiger partial charge on any atom is 0.124 e. The zero-order chi connectivity index (χ0) is 14.7. The number of piperazine rings is 1. The molecule has 0 spiro atoms. The molecule has 3 rings (SSSR count). The molecule has 1 fully saturated rings. The molecule has 0 bridgehead atoms. The van der Waals surface area contributed by atoms with E-state index in [9.17, 15) is 0 Å². The number of hydrogen-bond donors (Lipinski definition) is 1. The number of ether oxygens (including phenoxy) is 1. The van der Waals surface area contributed by atoms with Gasteiger partial charge in [0.25, 0.3) is 0 Å². The number of para-hydroxylation sites is 1. The minimum absolute atomic E-state index is 0.419. The van der Waals surface area contributed by atoms with Gasteiger partial charge in [-0.1, -0.05) is 25.1 Å². The second kappa shape index (κ2) is 6.77. The van der Waals surface area contributed by atoms with E-state index in [1.54, 1.807) is 0 Å². The molecule has 0 aromatic heterocycles. The molecule has 2 heterocycles. The summed E-state index contributed by atoms with van der Waals surface area (Å²) in [5, 5.41) is 3.75. The Balaban J connectivity index is 1.53. The molecule has 2 aliphatic heterocycles. The Kier molecular flexibility index (Phi) is 4.78. The van der Waals surface area contributed by atoms with Crippen LogP contribution in [0.1, 0.15) is 18.5 Å². The summed E-state index contributed by atoms with van der Waals surface area (Å²) >= 11 is 0. The van der Waals surface area contributed by atoms with E-state index in [1.165, 1.54) is 31.7 Å². The largest absolute Gasteiger partial charge is 0.493 e. The van der Waals surface area contributed by atoms with Crippen molar-refractivity contribution in [1.82, 2.24) is 15.1 Å². The lowest BCUT2D eigenvalue weighted by atomic mass is 9.92. The quantitative estimate of drug-likeness (QED) is 0.911. The summed E-state index contributed by atoms with van der Waals surface area (Å²) in [6, 6.07) is 8.85.